The van der Waals surface area contributed by atoms with Crippen molar-refractivity contribution in [2.24, 2.45) is 5.92 Å². The van der Waals surface area contributed by atoms with Crippen LogP contribution in [0.4, 0.5) is 0 Å². The van der Waals surface area contributed by atoms with Gasteiger partial charge in [-0.2, -0.15) is 0 Å². The minimum atomic E-state index is 0.505. The Bertz CT molecular complexity index is 511. The number of hydrogen-bond donors (Lipinski definition) is 0. The molecule has 0 aliphatic rings. The maximum absolute atomic E-state index is 4.32. The lowest BCUT2D eigenvalue weighted by Crippen LogP contribution is -2.14. The van der Waals surface area contributed by atoms with Crippen LogP contribution in [0.3, 0.4) is 0 Å². The molecule has 1 nitrogen and oxygen atoms in total. The van der Waals surface area contributed by atoms with E-state index in [0.29, 0.717) is 5.92 Å². The maximum Gasteiger partial charge on any atom is -0.00247 e. The minimum absolute atomic E-state index is 0.505. The Labute approximate surface area is 117 Å². The lowest BCUT2D eigenvalue weighted by molar-refractivity contribution is 0.379. The second-order valence-electron chi connectivity index (χ2n) is 5.65. The second kappa shape index (κ2) is 6.72. The minimum Gasteiger partial charge on any atom is -0.309 e. The van der Waals surface area contributed by atoms with E-state index in [-0.39, 0.29) is 0 Å². The van der Waals surface area contributed by atoms with Crippen molar-refractivity contribution < 1.29 is 0 Å². The molecule has 1 heteroatoms. The molecule has 0 aliphatic heterocycles. The highest BCUT2D eigenvalue weighted by Crippen LogP contribution is 2.22. The largest absolute Gasteiger partial charge is 0.309 e. The summed E-state index contributed by atoms with van der Waals surface area (Å²) in [6, 6.07) is 15.2. The van der Waals surface area contributed by atoms with E-state index in [1.54, 1.807) is 0 Å². The van der Waals surface area contributed by atoms with Crippen LogP contribution in [-0.4, -0.2) is 25.5 Å². The van der Waals surface area contributed by atoms with E-state index in [2.05, 4.69) is 68.4 Å². The molecule has 0 spiro atoms. The average Bonchev–Trinajstić information content (AvgIpc) is 2.39. The molecule has 0 aromatic heterocycles. The molecule has 101 valence electrons. The van der Waals surface area contributed by atoms with E-state index in [4.69, 9.17) is 0 Å². The van der Waals surface area contributed by atoms with Crippen molar-refractivity contribution in [1.29, 1.82) is 0 Å². The molecule has 0 bridgehead atoms. The molecule has 0 amide bonds. The number of fused-ring (bicyclic) bond motifs is 1. The quantitative estimate of drug-likeness (QED) is 0.747. The van der Waals surface area contributed by atoms with Crippen molar-refractivity contribution in [2.45, 2.75) is 19.3 Å². The van der Waals surface area contributed by atoms with Crippen molar-refractivity contribution in [3.8, 4) is 0 Å². The summed E-state index contributed by atoms with van der Waals surface area (Å²) in [6.07, 6.45) is 3.50. The predicted octanol–water partition coefficient (Wildman–Crippen LogP) is 4.17. The SMILES string of the molecule is [CH2]C(CCCN(C)C)Cc1cccc2ccccc12. The van der Waals surface area contributed by atoms with Gasteiger partial charge in [-0.3, -0.25) is 0 Å². The summed E-state index contributed by atoms with van der Waals surface area (Å²) in [5.41, 5.74) is 1.43. The first kappa shape index (κ1) is 14.1. The molecule has 0 N–H and O–H groups in total. The van der Waals surface area contributed by atoms with E-state index in [1.807, 2.05) is 0 Å². The van der Waals surface area contributed by atoms with Crippen molar-refractivity contribution in [1.82, 2.24) is 4.90 Å². The van der Waals surface area contributed by atoms with Gasteiger partial charge in [0.1, 0.15) is 0 Å². The maximum atomic E-state index is 4.32. The van der Waals surface area contributed by atoms with Crippen LogP contribution < -0.4 is 0 Å². The Morgan fingerprint density at radius 2 is 1.79 bits per heavy atom. The number of benzene rings is 2. The summed E-state index contributed by atoms with van der Waals surface area (Å²) >= 11 is 0. The summed E-state index contributed by atoms with van der Waals surface area (Å²) in [4.78, 5) is 2.24. The number of hydrogen-bond acceptors (Lipinski definition) is 1. The molecule has 0 fully saturated rings. The third-order valence-corrected chi connectivity index (χ3v) is 3.61. The van der Waals surface area contributed by atoms with Gasteiger partial charge in [0.25, 0.3) is 0 Å². The molecule has 1 atom stereocenters. The van der Waals surface area contributed by atoms with Crippen LogP contribution in [0.25, 0.3) is 10.8 Å². The molecule has 0 heterocycles. The van der Waals surface area contributed by atoms with Gasteiger partial charge in [-0.05, 0) is 69.1 Å². The van der Waals surface area contributed by atoms with E-state index >= 15 is 0 Å². The molecule has 2 aromatic rings. The second-order valence-corrected chi connectivity index (χ2v) is 5.65. The fraction of sp³-hybridized carbons (Fsp3) is 0.389. The van der Waals surface area contributed by atoms with Crippen LogP contribution in [0.2, 0.25) is 0 Å². The Morgan fingerprint density at radius 1 is 1.05 bits per heavy atom. The summed E-state index contributed by atoms with van der Waals surface area (Å²) in [7, 11) is 4.26. The van der Waals surface area contributed by atoms with Crippen molar-refractivity contribution in [3.05, 3.63) is 55.0 Å². The molecule has 0 saturated heterocycles. The molecular weight excluding hydrogens is 230 g/mol. The highest BCUT2D eigenvalue weighted by atomic mass is 15.0. The fourth-order valence-electron chi connectivity index (χ4n) is 2.58. The summed E-state index contributed by atoms with van der Waals surface area (Å²) in [6.45, 7) is 5.47. The normalized spacial score (nSPS) is 13.1. The summed E-state index contributed by atoms with van der Waals surface area (Å²) in [5.74, 6) is 0.505. The standard InChI is InChI=1S/C18H24N/c1-15(8-7-13-19(2)3)14-17-11-6-10-16-9-4-5-12-18(16)17/h4-6,9-12,15H,1,7-8,13-14H2,2-3H3. The molecule has 0 saturated carbocycles. The van der Waals surface area contributed by atoms with Gasteiger partial charge in [-0.15, -0.1) is 0 Å². The zero-order valence-corrected chi connectivity index (χ0v) is 12.1. The van der Waals surface area contributed by atoms with E-state index in [0.717, 1.165) is 13.0 Å². The highest BCUT2D eigenvalue weighted by Gasteiger charge is 2.07. The average molecular weight is 254 g/mol. The number of rotatable bonds is 6. The van der Waals surface area contributed by atoms with Gasteiger partial charge in [0, 0.05) is 0 Å². The van der Waals surface area contributed by atoms with Gasteiger partial charge >= 0.3 is 0 Å². The van der Waals surface area contributed by atoms with Crippen LogP contribution in [0.1, 0.15) is 18.4 Å². The van der Waals surface area contributed by atoms with Gasteiger partial charge in [-0.1, -0.05) is 42.5 Å². The lowest BCUT2D eigenvalue weighted by atomic mass is 9.93. The van der Waals surface area contributed by atoms with Crippen LogP contribution in [-0.2, 0) is 6.42 Å². The van der Waals surface area contributed by atoms with Crippen LogP contribution >= 0.6 is 0 Å². The Balaban J connectivity index is 2.00. The van der Waals surface area contributed by atoms with Crippen LogP contribution in [0.15, 0.2) is 42.5 Å². The van der Waals surface area contributed by atoms with Gasteiger partial charge in [-0.25, -0.2) is 0 Å². The van der Waals surface area contributed by atoms with E-state index in [1.165, 1.54) is 29.2 Å². The fourth-order valence-corrected chi connectivity index (χ4v) is 2.58. The topological polar surface area (TPSA) is 3.24 Å². The third kappa shape index (κ3) is 4.07. The van der Waals surface area contributed by atoms with Crippen molar-refractivity contribution in [2.75, 3.05) is 20.6 Å². The van der Waals surface area contributed by atoms with Gasteiger partial charge in [0.2, 0.25) is 0 Å². The monoisotopic (exact) mass is 254 g/mol. The predicted molar refractivity (Wildman–Crippen MR) is 84.3 cm³/mol. The molecule has 2 rings (SSSR count). The van der Waals surface area contributed by atoms with Gasteiger partial charge in [0.15, 0.2) is 0 Å². The smallest absolute Gasteiger partial charge is 0.00247 e. The first-order valence-corrected chi connectivity index (χ1v) is 7.11. The Kier molecular flexibility index (Phi) is 4.98. The molecule has 19 heavy (non-hydrogen) atoms. The Morgan fingerprint density at radius 3 is 2.58 bits per heavy atom. The first-order chi connectivity index (χ1) is 9.16. The van der Waals surface area contributed by atoms with E-state index in [9.17, 15) is 0 Å². The van der Waals surface area contributed by atoms with Crippen molar-refractivity contribution >= 4 is 10.8 Å². The lowest BCUT2D eigenvalue weighted by Gasteiger charge is -2.15. The third-order valence-electron chi connectivity index (χ3n) is 3.61. The molecule has 2 aromatic carbocycles. The van der Waals surface area contributed by atoms with Crippen molar-refractivity contribution in [3.63, 3.8) is 0 Å². The first-order valence-electron chi connectivity index (χ1n) is 7.11. The molecule has 1 radical (unpaired) electrons. The Hall–Kier alpha value is -1.34. The van der Waals surface area contributed by atoms with Crippen LogP contribution in [0, 0.1) is 12.8 Å². The molecular formula is C18H24N. The summed E-state index contributed by atoms with van der Waals surface area (Å²) in [5, 5.41) is 2.71. The highest BCUT2D eigenvalue weighted by molar-refractivity contribution is 5.85. The molecule has 1 unspecified atom stereocenters. The molecule has 0 aliphatic carbocycles. The number of nitrogens with zero attached hydrogens (tertiary/aromatic N) is 1. The van der Waals surface area contributed by atoms with Gasteiger partial charge in [0.05, 0.1) is 0 Å². The summed E-state index contributed by atoms with van der Waals surface area (Å²) < 4.78 is 0. The zero-order valence-electron chi connectivity index (χ0n) is 12.1. The van der Waals surface area contributed by atoms with Gasteiger partial charge < -0.3 is 4.90 Å². The van der Waals surface area contributed by atoms with E-state index < -0.39 is 0 Å². The van der Waals surface area contributed by atoms with Crippen LogP contribution in [0.5, 0.6) is 0 Å². The zero-order chi connectivity index (χ0) is 13.7.